The predicted octanol–water partition coefficient (Wildman–Crippen LogP) is 7.31. The van der Waals surface area contributed by atoms with Crippen molar-refractivity contribution < 1.29 is 22.4 Å². The number of carbonyl (C=O) groups is 1. The summed E-state index contributed by atoms with van der Waals surface area (Å²) in [6.07, 6.45) is 0. The van der Waals surface area contributed by atoms with Crippen LogP contribution in [0.4, 0.5) is 34.6 Å². The smallest absolute Gasteiger partial charge is 0.288 e. The van der Waals surface area contributed by atoms with Crippen LogP contribution < -0.4 is 10.6 Å². The summed E-state index contributed by atoms with van der Waals surface area (Å²) in [6.45, 7) is 0. The quantitative estimate of drug-likeness (QED) is 0.278. The van der Waals surface area contributed by atoms with Gasteiger partial charge in [-0.05, 0) is 42.5 Å². The number of amides is 1. The van der Waals surface area contributed by atoms with Crippen molar-refractivity contribution in [3.63, 3.8) is 0 Å². The van der Waals surface area contributed by atoms with Crippen molar-refractivity contribution in [1.29, 1.82) is 0 Å². The van der Waals surface area contributed by atoms with Crippen molar-refractivity contribution >= 4 is 46.5 Å². The van der Waals surface area contributed by atoms with Gasteiger partial charge in [-0.1, -0.05) is 53.9 Å². The van der Waals surface area contributed by atoms with E-state index in [1.165, 1.54) is 6.07 Å². The number of hydrogen-bond donors (Lipinski definition) is 2. The van der Waals surface area contributed by atoms with Crippen LogP contribution >= 0.6 is 23.5 Å². The van der Waals surface area contributed by atoms with Crippen LogP contribution in [0.2, 0.25) is 0 Å². The molecule has 3 aromatic rings. The molecule has 30 heavy (non-hydrogen) atoms. The molecule has 0 radical (unpaired) electrons. The molecule has 3 rings (SSSR count). The molecule has 0 spiro atoms. The lowest BCUT2D eigenvalue weighted by molar-refractivity contribution is 0.102. The number of hydrogen-bond acceptors (Lipinski definition) is 4. The van der Waals surface area contributed by atoms with Gasteiger partial charge in [0, 0.05) is 15.5 Å². The normalized spacial score (nSPS) is 11.0. The number of thioether (sulfide) groups is 2. The minimum atomic E-state index is -2.62. The highest BCUT2D eigenvalue weighted by atomic mass is 32.2. The standard InChI is InChI=1S/C21H16F4N2OS2/c22-20(23)29-14-7-5-6-13(12-14)26-16-9-2-1-8-15(16)19(28)27-17-10-3-4-11-18(17)30-21(24)25/h1-12,20-21,26H,(H,27,28). The molecule has 0 aliphatic rings. The number of para-hydroxylation sites is 2. The van der Waals surface area contributed by atoms with Crippen LogP contribution in [-0.2, 0) is 0 Å². The van der Waals surface area contributed by atoms with Gasteiger partial charge in [-0.25, -0.2) is 0 Å². The second-order valence-electron chi connectivity index (χ2n) is 5.91. The summed E-state index contributed by atoms with van der Waals surface area (Å²) < 4.78 is 50.8. The Morgan fingerprint density at radius 1 is 0.767 bits per heavy atom. The highest BCUT2D eigenvalue weighted by molar-refractivity contribution is 7.99. The monoisotopic (exact) mass is 452 g/mol. The van der Waals surface area contributed by atoms with E-state index in [1.54, 1.807) is 66.7 Å². The molecule has 2 N–H and O–H groups in total. The minimum absolute atomic E-state index is 0.253. The SMILES string of the molecule is O=C(Nc1ccccc1SC(F)F)c1ccccc1Nc1cccc(SC(F)F)c1. The average molecular weight is 452 g/mol. The topological polar surface area (TPSA) is 41.1 Å². The molecule has 0 unspecified atom stereocenters. The minimum Gasteiger partial charge on any atom is -0.355 e. The van der Waals surface area contributed by atoms with Crippen molar-refractivity contribution in [2.75, 3.05) is 10.6 Å². The number of anilines is 3. The van der Waals surface area contributed by atoms with Crippen molar-refractivity contribution in [1.82, 2.24) is 0 Å². The number of alkyl halides is 4. The molecule has 0 atom stereocenters. The Labute approximate surface area is 179 Å². The Morgan fingerprint density at radius 2 is 1.43 bits per heavy atom. The zero-order valence-corrected chi connectivity index (χ0v) is 17.0. The molecule has 0 aliphatic carbocycles. The first-order valence-electron chi connectivity index (χ1n) is 8.68. The summed E-state index contributed by atoms with van der Waals surface area (Å²) in [7, 11) is 0. The zero-order chi connectivity index (χ0) is 21.5. The fourth-order valence-electron chi connectivity index (χ4n) is 2.65. The number of halogens is 4. The summed E-state index contributed by atoms with van der Waals surface area (Å²) in [5.74, 6) is -5.64. The van der Waals surface area contributed by atoms with E-state index in [0.29, 0.717) is 39.8 Å². The van der Waals surface area contributed by atoms with E-state index in [2.05, 4.69) is 10.6 Å². The van der Waals surface area contributed by atoms with Crippen molar-refractivity contribution in [3.8, 4) is 0 Å². The van der Waals surface area contributed by atoms with Crippen LogP contribution in [0.1, 0.15) is 10.4 Å². The Balaban J connectivity index is 1.81. The molecule has 9 heteroatoms. The maximum Gasteiger partial charge on any atom is 0.288 e. The number of benzene rings is 3. The van der Waals surface area contributed by atoms with Gasteiger partial charge in [-0.15, -0.1) is 0 Å². The lowest BCUT2D eigenvalue weighted by Crippen LogP contribution is -2.14. The first-order valence-corrected chi connectivity index (χ1v) is 10.4. The average Bonchev–Trinajstić information content (AvgIpc) is 2.69. The number of rotatable bonds is 8. The Morgan fingerprint density at radius 3 is 2.17 bits per heavy atom. The molecular weight excluding hydrogens is 436 g/mol. The molecule has 0 heterocycles. The van der Waals surface area contributed by atoms with E-state index in [4.69, 9.17) is 0 Å². The van der Waals surface area contributed by atoms with E-state index >= 15 is 0 Å². The lowest BCUT2D eigenvalue weighted by atomic mass is 10.1. The Hall–Kier alpha value is -2.65. The van der Waals surface area contributed by atoms with Crippen molar-refractivity contribution in [2.45, 2.75) is 21.3 Å². The summed E-state index contributed by atoms with van der Waals surface area (Å²) in [6, 6.07) is 19.4. The third kappa shape index (κ3) is 6.17. The second kappa shape index (κ2) is 10.4. The molecule has 156 valence electrons. The van der Waals surface area contributed by atoms with Crippen LogP contribution in [0.15, 0.2) is 82.6 Å². The molecule has 3 nitrogen and oxygen atoms in total. The van der Waals surface area contributed by atoms with Gasteiger partial charge in [-0.3, -0.25) is 4.79 Å². The lowest BCUT2D eigenvalue weighted by Gasteiger charge is -2.14. The van der Waals surface area contributed by atoms with E-state index in [-0.39, 0.29) is 16.1 Å². The number of carbonyl (C=O) groups excluding carboxylic acids is 1. The maximum absolute atomic E-state index is 12.8. The van der Waals surface area contributed by atoms with Crippen LogP contribution in [-0.4, -0.2) is 17.4 Å². The molecule has 0 fully saturated rings. The molecule has 0 bridgehead atoms. The Kier molecular flexibility index (Phi) is 7.64. The third-order valence-corrected chi connectivity index (χ3v) is 5.35. The molecule has 0 saturated heterocycles. The van der Waals surface area contributed by atoms with Crippen LogP contribution in [0.5, 0.6) is 0 Å². The fourth-order valence-corrected chi connectivity index (χ4v) is 3.81. The molecule has 3 aromatic carbocycles. The van der Waals surface area contributed by atoms with E-state index in [1.807, 2.05) is 0 Å². The van der Waals surface area contributed by atoms with Crippen molar-refractivity contribution in [3.05, 3.63) is 78.4 Å². The Bertz CT molecular complexity index is 1020. The summed E-state index contributed by atoms with van der Waals surface area (Å²) in [5, 5.41) is 5.71. The van der Waals surface area contributed by atoms with Crippen LogP contribution in [0.25, 0.3) is 0 Å². The van der Waals surface area contributed by atoms with Gasteiger partial charge < -0.3 is 10.6 Å². The van der Waals surface area contributed by atoms with Gasteiger partial charge in [0.05, 0.1) is 16.9 Å². The van der Waals surface area contributed by atoms with Crippen LogP contribution in [0.3, 0.4) is 0 Å². The van der Waals surface area contributed by atoms with E-state index in [9.17, 15) is 22.4 Å². The van der Waals surface area contributed by atoms with Gasteiger partial charge in [0.15, 0.2) is 0 Å². The van der Waals surface area contributed by atoms with Gasteiger partial charge >= 0.3 is 0 Å². The summed E-state index contributed by atoms with van der Waals surface area (Å²) >= 11 is 0.774. The molecular formula is C21H16F4N2OS2. The van der Waals surface area contributed by atoms with E-state index < -0.39 is 17.4 Å². The summed E-state index contributed by atoms with van der Waals surface area (Å²) in [5.41, 5.74) is 1.54. The predicted molar refractivity (Wildman–Crippen MR) is 114 cm³/mol. The largest absolute Gasteiger partial charge is 0.355 e. The zero-order valence-electron chi connectivity index (χ0n) is 15.3. The first kappa shape index (κ1) is 22.0. The van der Waals surface area contributed by atoms with Gasteiger partial charge in [0.1, 0.15) is 0 Å². The molecule has 0 aromatic heterocycles. The third-order valence-electron chi connectivity index (χ3n) is 3.86. The first-order chi connectivity index (χ1) is 14.4. The highest BCUT2D eigenvalue weighted by Gasteiger charge is 2.15. The summed E-state index contributed by atoms with van der Waals surface area (Å²) in [4.78, 5) is 13.5. The second-order valence-corrected chi connectivity index (χ2v) is 8.00. The van der Waals surface area contributed by atoms with E-state index in [0.717, 1.165) is 0 Å². The maximum atomic E-state index is 12.8. The van der Waals surface area contributed by atoms with Crippen molar-refractivity contribution in [2.24, 2.45) is 0 Å². The van der Waals surface area contributed by atoms with Gasteiger partial charge in [-0.2, -0.15) is 17.6 Å². The molecule has 0 aliphatic heterocycles. The molecule has 0 saturated carbocycles. The number of nitrogens with one attached hydrogen (secondary N) is 2. The fraction of sp³-hybridized carbons (Fsp3) is 0.0952. The van der Waals surface area contributed by atoms with Gasteiger partial charge in [0.2, 0.25) is 0 Å². The van der Waals surface area contributed by atoms with Gasteiger partial charge in [0.25, 0.3) is 17.4 Å². The van der Waals surface area contributed by atoms with Crippen LogP contribution in [0, 0.1) is 0 Å². The highest BCUT2D eigenvalue weighted by Crippen LogP contribution is 2.33. The molecule has 1 amide bonds.